The van der Waals surface area contributed by atoms with Crippen LogP contribution in [-0.4, -0.2) is 19.5 Å². The van der Waals surface area contributed by atoms with Crippen molar-refractivity contribution in [2.75, 3.05) is 0 Å². The van der Waals surface area contributed by atoms with Crippen LogP contribution in [0.15, 0.2) is 199 Å². The van der Waals surface area contributed by atoms with Crippen LogP contribution in [0.5, 0.6) is 0 Å². The van der Waals surface area contributed by atoms with Crippen molar-refractivity contribution in [2.24, 2.45) is 0 Å². The summed E-state index contributed by atoms with van der Waals surface area (Å²) in [6.45, 7) is 0. The minimum Gasteiger partial charge on any atom is -0.454 e. The Balaban J connectivity index is 1.01. The molecule has 4 aromatic heterocycles. The molecule has 11 aromatic rings. The maximum atomic E-state index is 6.46. The maximum Gasteiger partial charge on any atom is 0.161 e. The normalized spacial score (nSPS) is 11.6. The zero-order valence-electron chi connectivity index (χ0n) is 30.2. The summed E-state index contributed by atoms with van der Waals surface area (Å²) in [6.07, 6.45) is 0. The first kappa shape index (κ1) is 31.9. The van der Waals surface area contributed by atoms with Gasteiger partial charge >= 0.3 is 0 Å². The van der Waals surface area contributed by atoms with E-state index in [0.29, 0.717) is 5.82 Å². The molecule has 11 rings (SSSR count). The fourth-order valence-corrected chi connectivity index (χ4v) is 7.91. The van der Waals surface area contributed by atoms with Crippen molar-refractivity contribution in [1.82, 2.24) is 19.5 Å². The molecule has 0 saturated heterocycles. The molecular formula is C51H32N4O. The second-order valence-electron chi connectivity index (χ2n) is 14.0. The first-order chi connectivity index (χ1) is 27.7. The van der Waals surface area contributed by atoms with E-state index in [2.05, 4.69) is 144 Å². The van der Waals surface area contributed by atoms with E-state index >= 15 is 0 Å². The number of aromatic nitrogens is 4. The van der Waals surface area contributed by atoms with Crippen LogP contribution in [0.2, 0.25) is 0 Å². The van der Waals surface area contributed by atoms with Crippen molar-refractivity contribution in [3.05, 3.63) is 194 Å². The lowest BCUT2D eigenvalue weighted by molar-refractivity contribution is 0.669. The Kier molecular flexibility index (Phi) is 7.42. The van der Waals surface area contributed by atoms with Crippen LogP contribution >= 0.6 is 0 Å². The highest BCUT2D eigenvalue weighted by Crippen LogP contribution is 2.39. The number of fused-ring (bicyclic) bond motifs is 6. The number of furan rings is 1. The Labute approximate surface area is 322 Å². The van der Waals surface area contributed by atoms with Gasteiger partial charge in [-0.15, -0.1) is 0 Å². The monoisotopic (exact) mass is 716 g/mol. The topological polar surface area (TPSA) is 56.7 Å². The average molecular weight is 717 g/mol. The molecule has 0 saturated carbocycles. The fraction of sp³-hybridized carbons (Fsp3) is 0. The van der Waals surface area contributed by atoms with Gasteiger partial charge in [-0.3, -0.25) is 0 Å². The third kappa shape index (κ3) is 5.37. The van der Waals surface area contributed by atoms with Gasteiger partial charge in [-0.25, -0.2) is 15.0 Å². The molecule has 0 N–H and O–H groups in total. The van der Waals surface area contributed by atoms with Crippen LogP contribution in [0.3, 0.4) is 0 Å². The standard InChI is InChI=1S/C51H32N4O/c1-3-13-34(14-4-1)43-31-42(50-49(52-43)41-19-9-12-22-48(41)56-50)33-23-25-35(26-24-33)44-32-45(54-51(53-44)37-15-5-2-6-16-37)36-27-29-38(30-28-36)55-46-20-10-7-17-39(46)40-18-8-11-21-47(40)55/h1-32H. The number of hydrogen-bond donors (Lipinski definition) is 0. The van der Waals surface area contributed by atoms with E-state index < -0.39 is 0 Å². The molecule has 0 fully saturated rings. The van der Waals surface area contributed by atoms with Crippen LogP contribution in [0.4, 0.5) is 0 Å². The third-order valence-electron chi connectivity index (χ3n) is 10.6. The van der Waals surface area contributed by atoms with Gasteiger partial charge in [0.1, 0.15) is 11.1 Å². The van der Waals surface area contributed by atoms with Crippen molar-refractivity contribution >= 4 is 43.9 Å². The van der Waals surface area contributed by atoms with E-state index in [1.54, 1.807) is 0 Å². The fourth-order valence-electron chi connectivity index (χ4n) is 7.91. The molecule has 56 heavy (non-hydrogen) atoms. The molecule has 0 aliphatic rings. The summed E-state index contributed by atoms with van der Waals surface area (Å²) < 4.78 is 8.80. The summed E-state index contributed by atoms with van der Waals surface area (Å²) in [5.74, 6) is 0.680. The summed E-state index contributed by atoms with van der Waals surface area (Å²) in [5.41, 5.74) is 14.6. The summed E-state index contributed by atoms with van der Waals surface area (Å²) in [6, 6.07) is 67.3. The Hall–Kier alpha value is -7.63. The predicted molar refractivity (Wildman–Crippen MR) is 229 cm³/mol. The van der Waals surface area contributed by atoms with E-state index in [4.69, 9.17) is 19.4 Å². The summed E-state index contributed by atoms with van der Waals surface area (Å²) in [7, 11) is 0. The molecule has 0 aliphatic carbocycles. The van der Waals surface area contributed by atoms with Crippen molar-refractivity contribution in [3.8, 4) is 62.0 Å². The summed E-state index contributed by atoms with van der Waals surface area (Å²) >= 11 is 0. The predicted octanol–water partition coefficient (Wildman–Crippen LogP) is 13.2. The first-order valence-electron chi connectivity index (χ1n) is 18.8. The van der Waals surface area contributed by atoms with E-state index in [-0.39, 0.29) is 0 Å². The Morgan fingerprint density at radius 1 is 0.375 bits per heavy atom. The van der Waals surface area contributed by atoms with Gasteiger partial charge in [0.2, 0.25) is 0 Å². The largest absolute Gasteiger partial charge is 0.454 e. The molecule has 4 heterocycles. The molecule has 0 aliphatic heterocycles. The molecule has 5 nitrogen and oxygen atoms in total. The third-order valence-corrected chi connectivity index (χ3v) is 10.6. The number of nitrogens with zero attached hydrogens (tertiary/aromatic N) is 4. The Bertz CT molecular complexity index is 3170. The smallest absolute Gasteiger partial charge is 0.161 e. The number of benzene rings is 7. The van der Waals surface area contributed by atoms with Gasteiger partial charge < -0.3 is 8.98 Å². The Morgan fingerprint density at radius 3 is 1.50 bits per heavy atom. The van der Waals surface area contributed by atoms with Gasteiger partial charge in [0, 0.05) is 49.7 Å². The zero-order chi connectivity index (χ0) is 37.0. The lowest BCUT2D eigenvalue weighted by atomic mass is 9.99. The quantitative estimate of drug-likeness (QED) is 0.172. The van der Waals surface area contributed by atoms with Gasteiger partial charge in [0.15, 0.2) is 11.4 Å². The zero-order valence-corrected chi connectivity index (χ0v) is 30.2. The van der Waals surface area contributed by atoms with Crippen molar-refractivity contribution in [2.45, 2.75) is 0 Å². The van der Waals surface area contributed by atoms with Crippen LogP contribution in [0, 0.1) is 0 Å². The average Bonchev–Trinajstić information content (AvgIpc) is 3.83. The first-order valence-corrected chi connectivity index (χ1v) is 18.8. The van der Waals surface area contributed by atoms with E-state index in [1.807, 2.05) is 54.6 Å². The number of hydrogen-bond acceptors (Lipinski definition) is 4. The second kappa shape index (κ2) is 13.0. The number of pyridine rings is 1. The lowest BCUT2D eigenvalue weighted by Gasteiger charge is -2.12. The summed E-state index contributed by atoms with van der Waals surface area (Å²) in [4.78, 5) is 15.3. The molecule has 0 bridgehead atoms. The molecule has 262 valence electrons. The van der Waals surface area contributed by atoms with Crippen LogP contribution in [-0.2, 0) is 0 Å². The Morgan fingerprint density at radius 2 is 0.857 bits per heavy atom. The highest BCUT2D eigenvalue weighted by molar-refractivity contribution is 6.10. The molecule has 0 atom stereocenters. The van der Waals surface area contributed by atoms with Gasteiger partial charge in [0.05, 0.1) is 28.1 Å². The van der Waals surface area contributed by atoms with Crippen LogP contribution in [0.1, 0.15) is 0 Å². The highest BCUT2D eigenvalue weighted by atomic mass is 16.3. The SMILES string of the molecule is c1ccc(-c2cc(-c3ccc(-c4cc(-c5ccc(-n6c7ccccc7c7ccccc76)cc5)nc(-c5ccccc5)n4)cc3)c3oc4ccccc4c3n2)cc1. The molecule has 0 radical (unpaired) electrons. The number of para-hydroxylation sites is 3. The van der Waals surface area contributed by atoms with Gasteiger partial charge in [-0.05, 0) is 54.1 Å². The van der Waals surface area contributed by atoms with Gasteiger partial charge in [0.25, 0.3) is 0 Å². The summed E-state index contributed by atoms with van der Waals surface area (Å²) in [5, 5.41) is 3.49. The van der Waals surface area contributed by atoms with Crippen molar-refractivity contribution in [3.63, 3.8) is 0 Å². The van der Waals surface area contributed by atoms with Gasteiger partial charge in [-0.1, -0.05) is 146 Å². The van der Waals surface area contributed by atoms with E-state index in [9.17, 15) is 0 Å². The van der Waals surface area contributed by atoms with Gasteiger partial charge in [-0.2, -0.15) is 0 Å². The van der Waals surface area contributed by atoms with E-state index in [1.165, 1.54) is 21.8 Å². The molecular weight excluding hydrogens is 685 g/mol. The molecule has 5 heteroatoms. The molecule has 0 spiro atoms. The molecule has 0 amide bonds. The van der Waals surface area contributed by atoms with Crippen molar-refractivity contribution < 1.29 is 4.42 Å². The van der Waals surface area contributed by atoms with E-state index in [0.717, 1.165) is 78.2 Å². The maximum absolute atomic E-state index is 6.46. The van der Waals surface area contributed by atoms with Crippen LogP contribution in [0.25, 0.3) is 106 Å². The lowest BCUT2D eigenvalue weighted by Crippen LogP contribution is -1.97. The second-order valence-corrected chi connectivity index (χ2v) is 14.0. The minimum absolute atomic E-state index is 0.680. The molecule has 0 unspecified atom stereocenters. The van der Waals surface area contributed by atoms with Crippen LogP contribution < -0.4 is 0 Å². The van der Waals surface area contributed by atoms with Crippen molar-refractivity contribution in [1.29, 1.82) is 0 Å². The highest BCUT2D eigenvalue weighted by Gasteiger charge is 2.18. The number of rotatable bonds is 6. The molecule has 7 aromatic carbocycles. The minimum atomic E-state index is 0.680.